The molecule has 2 bridgehead atoms. The average Bonchev–Trinajstić information content (AvgIpc) is 3.40. The third-order valence-electron chi connectivity index (χ3n) is 7.14. The highest BCUT2D eigenvalue weighted by Gasteiger charge is 2.65. The summed E-state index contributed by atoms with van der Waals surface area (Å²) in [5, 5.41) is -0.229. The van der Waals surface area contributed by atoms with Gasteiger partial charge in [0.2, 0.25) is 15.9 Å². The normalized spacial score (nSPS) is 32.8. The van der Waals surface area contributed by atoms with Gasteiger partial charge in [-0.1, -0.05) is 24.4 Å². The Morgan fingerprint density at radius 3 is 2.60 bits per heavy atom. The summed E-state index contributed by atoms with van der Waals surface area (Å²) in [5.41, 5.74) is 0. The molecule has 0 aliphatic carbocycles. The number of ether oxygens (including phenoxy) is 1. The topological polar surface area (TPSA) is 92.7 Å². The molecule has 8 nitrogen and oxygen atoms in total. The molecule has 4 aliphatic rings. The number of unbranched alkanes of at least 4 members (excludes halogenated alkanes) is 1. The Hall–Kier alpha value is -1.45. The molecule has 0 radical (unpaired) electrons. The van der Waals surface area contributed by atoms with Crippen molar-refractivity contribution in [2.45, 2.75) is 62.4 Å². The molecule has 1 aromatic rings. The first kappa shape index (κ1) is 20.5. The Bertz CT molecular complexity index is 921. The maximum atomic E-state index is 12.9. The number of sulfonamides is 1. The van der Waals surface area contributed by atoms with Gasteiger partial charge in [0.1, 0.15) is 16.2 Å². The van der Waals surface area contributed by atoms with Gasteiger partial charge in [0.25, 0.3) is 0 Å². The van der Waals surface area contributed by atoms with E-state index in [4.69, 9.17) is 16.3 Å². The van der Waals surface area contributed by atoms with Gasteiger partial charge < -0.3 is 9.64 Å². The molecule has 5 rings (SSSR count). The van der Waals surface area contributed by atoms with Crippen LogP contribution in [0.4, 0.5) is 5.82 Å². The summed E-state index contributed by atoms with van der Waals surface area (Å²) in [6.07, 6.45) is 9.21. The highest BCUT2D eigenvalue weighted by Crippen LogP contribution is 2.48. The summed E-state index contributed by atoms with van der Waals surface area (Å²) in [5.74, 6) is 0.737. The van der Waals surface area contributed by atoms with Crippen molar-refractivity contribution in [3.63, 3.8) is 0 Å². The fourth-order valence-electron chi connectivity index (χ4n) is 5.61. The van der Waals surface area contributed by atoms with E-state index in [1.807, 2.05) is 0 Å². The van der Waals surface area contributed by atoms with Crippen LogP contribution in [0, 0.1) is 11.8 Å². The van der Waals surface area contributed by atoms with E-state index < -0.39 is 21.2 Å². The van der Waals surface area contributed by atoms with Crippen molar-refractivity contribution < 1.29 is 17.9 Å². The summed E-state index contributed by atoms with van der Waals surface area (Å²) in [6.45, 7) is 2.15. The van der Waals surface area contributed by atoms with Crippen molar-refractivity contribution in [3.05, 3.63) is 17.5 Å². The maximum Gasteiger partial charge on any atom is 0.243 e. The Balaban J connectivity index is 1.08. The van der Waals surface area contributed by atoms with E-state index in [2.05, 4.69) is 14.9 Å². The van der Waals surface area contributed by atoms with Crippen LogP contribution in [0.3, 0.4) is 0 Å². The Morgan fingerprint density at radius 2 is 1.87 bits per heavy atom. The number of hydrogen-bond acceptors (Lipinski definition) is 7. The summed E-state index contributed by atoms with van der Waals surface area (Å²) in [6, 6.07) is 0. The minimum atomic E-state index is -3.56. The van der Waals surface area contributed by atoms with Crippen molar-refractivity contribution in [1.29, 1.82) is 0 Å². The van der Waals surface area contributed by atoms with Crippen LogP contribution in [-0.4, -0.2) is 65.7 Å². The second kappa shape index (κ2) is 7.91. The molecular formula is C20H27ClN4O4S. The Kier molecular flexibility index (Phi) is 5.39. The first-order valence-electron chi connectivity index (χ1n) is 10.9. The summed E-state index contributed by atoms with van der Waals surface area (Å²) in [7, 11) is -3.56. The van der Waals surface area contributed by atoms with E-state index in [1.165, 1.54) is 6.20 Å². The monoisotopic (exact) mass is 454 g/mol. The lowest BCUT2D eigenvalue weighted by atomic mass is 9.88. The van der Waals surface area contributed by atoms with Gasteiger partial charge in [0, 0.05) is 19.6 Å². The van der Waals surface area contributed by atoms with Gasteiger partial charge in [-0.3, -0.25) is 9.78 Å². The maximum absolute atomic E-state index is 12.9. The van der Waals surface area contributed by atoms with E-state index in [9.17, 15) is 13.2 Å². The molecule has 30 heavy (non-hydrogen) atoms. The van der Waals surface area contributed by atoms with Crippen LogP contribution in [0.15, 0.2) is 12.4 Å². The smallest absolute Gasteiger partial charge is 0.243 e. The quantitative estimate of drug-likeness (QED) is 0.608. The minimum Gasteiger partial charge on any atom is -0.373 e. The fourth-order valence-corrected chi connectivity index (χ4v) is 8.05. The number of fused-ring (bicyclic) bond motifs is 5. The van der Waals surface area contributed by atoms with Crippen LogP contribution in [0.1, 0.15) is 44.9 Å². The van der Waals surface area contributed by atoms with E-state index >= 15 is 0 Å². The van der Waals surface area contributed by atoms with E-state index in [0.29, 0.717) is 17.6 Å². The largest absolute Gasteiger partial charge is 0.373 e. The highest BCUT2D eigenvalue weighted by atomic mass is 35.5. The number of anilines is 1. The van der Waals surface area contributed by atoms with Gasteiger partial charge in [-0.15, -0.1) is 0 Å². The molecule has 0 N–H and O–H groups in total. The fraction of sp³-hybridized carbons (Fsp3) is 0.750. The second-order valence-electron chi connectivity index (χ2n) is 8.86. The van der Waals surface area contributed by atoms with Crippen LogP contribution in [0.25, 0.3) is 0 Å². The number of piperidine rings is 1. The van der Waals surface area contributed by atoms with Crippen molar-refractivity contribution >= 4 is 33.3 Å². The van der Waals surface area contributed by atoms with Crippen LogP contribution in [0.5, 0.6) is 0 Å². The SMILES string of the molecule is O=C1C2C3CCC(O3)C2S(=O)(=O)N1CCCCC1CCN(c2cncc(Cl)n2)CC1. The molecule has 4 aliphatic heterocycles. The lowest BCUT2D eigenvalue weighted by molar-refractivity contribution is -0.130. The first-order valence-corrected chi connectivity index (χ1v) is 12.8. The second-order valence-corrected chi connectivity index (χ2v) is 11.3. The molecule has 10 heteroatoms. The molecule has 0 spiro atoms. The van der Waals surface area contributed by atoms with Crippen molar-refractivity contribution in [1.82, 2.24) is 14.3 Å². The first-order chi connectivity index (χ1) is 14.4. The predicted molar refractivity (Wildman–Crippen MR) is 112 cm³/mol. The molecule has 0 saturated carbocycles. The van der Waals surface area contributed by atoms with Crippen LogP contribution in [0.2, 0.25) is 5.15 Å². The van der Waals surface area contributed by atoms with E-state index in [0.717, 1.165) is 68.2 Å². The van der Waals surface area contributed by atoms with Gasteiger partial charge in [-0.2, -0.15) is 0 Å². The number of hydrogen-bond donors (Lipinski definition) is 0. The number of halogens is 1. The molecule has 0 aromatic carbocycles. The lowest BCUT2D eigenvalue weighted by Gasteiger charge is -2.32. The molecule has 5 heterocycles. The van der Waals surface area contributed by atoms with Crippen molar-refractivity contribution in [2.75, 3.05) is 24.5 Å². The lowest BCUT2D eigenvalue weighted by Crippen LogP contribution is -2.36. The Labute approximate surface area is 182 Å². The molecule has 4 unspecified atom stereocenters. The standard InChI is InChI=1S/C20H27ClN4O4S/c21-16-11-22-12-17(23-16)24-9-6-13(7-10-24)3-1-2-8-25-20(26)18-14-4-5-15(29-14)19(18)30(25,27)28/h11-15,18-19H,1-10H2. The van der Waals surface area contributed by atoms with Crippen LogP contribution in [-0.2, 0) is 19.6 Å². The van der Waals surface area contributed by atoms with Gasteiger partial charge in [-0.05, 0) is 38.0 Å². The van der Waals surface area contributed by atoms with E-state index in [-0.39, 0.29) is 18.1 Å². The number of carbonyl (C=O) groups is 1. The number of aromatic nitrogens is 2. The van der Waals surface area contributed by atoms with Gasteiger partial charge in [0.05, 0.1) is 30.5 Å². The third-order valence-corrected chi connectivity index (χ3v) is 9.59. The number of amides is 1. The average molecular weight is 455 g/mol. The van der Waals surface area contributed by atoms with Crippen molar-refractivity contribution in [2.24, 2.45) is 11.8 Å². The third kappa shape index (κ3) is 3.48. The molecule has 1 aromatic heterocycles. The van der Waals surface area contributed by atoms with Gasteiger partial charge >= 0.3 is 0 Å². The minimum absolute atomic E-state index is 0.193. The van der Waals surface area contributed by atoms with Crippen LogP contribution < -0.4 is 4.90 Å². The van der Waals surface area contributed by atoms with Crippen LogP contribution >= 0.6 is 11.6 Å². The number of rotatable bonds is 6. The molecule has 4 saturated heterocycles. The summed E-state index contributed by atoms with van der Waals surface area (Å²) in [4.78, 5) is 23.4. The molecular weight excluding hydrogens is 428 g/mol. The van der Waals surface area contributed by atoms with E-state index in [1.54, 1.807) is 6.20 Å². The zero-order valence-electron chi connectivity index (χ0n) is 16.8. The number of carbonyl (C=O) groups excluding carboxylic acids is 1. The predicted octanol–water partition coefficient (Wildman–Crippen LogP) is 2.23. The summed E-state index contributed by atoms with van der Waals surface area (Å²) >= 11 is 5.93. The highest BCUT2D eigenvalue weighted by molar-refractivity contribution is 7.90. The molecule has 1 amide bonds. The zero-order chi connectivity index (χ0) is 20.9. The van der Waals surface area contributed by atoms with Gasteiger partial charge in [-0.25, -0.2) is 17.7 Å². The van der Waals surface area contributed by atoms with Crippen molar-refractivity contribution in [3.8, 4) is 0 Å². The molecule has 4 atom stereocenters. The zero-order valence-corrected chi connectivity index (χ0v) is 18.4. The molecule has 4 fully saturated rings. The Morgan fingerprint density at radius 1 is 1.10 bits per heavy atom. The molecule has 164 valence electrons. The van der Waals surface area contributed by atoms with Gasteiger partial charge in [0.15, 0.2) is 0 Å². The summed E-state index contributed by atoms with van der Waals surface area (Å²) < 4.78 is 32.6. The number of nitrogens with zero attached hydrogens (tertiary/aromatic N) is 4.